The lowest BCUT2D eigenvalue weighted by molar-refractivity contribution is -0.117. The minimum atomic E-state index is -0.134. The molecule has 0 unspecified atom stereocenters. The summed E-state index contributed by atoms with van der Waals surface area (Å²) in [6.45, 7) is 5.09. The third-order valence-corrected chi connectivity index (χ3v) is 3.18. The first kappa shape index (κ1) is 17.3. The number of nitrogens with zero attached hydrogens (tertiary/aromatic N) is 1. The molecule has 0 saturated heterocycles. The van der Waals surface area contributed by atoms with Crippen molar-refractivity contribution in [2.24, 2.45) is 0 Å². The smallest absolute Gasteiger partial charge is 0.238 e. The van der Waals surface area contributed by atoms with E-state index in [0.29, 0.717) is 30.1 Å². The number of nitrogens with two attached hydrogens (primary N) is 1. The normalized spacial score (nSPS) is 11.0. The van der Waals surface area contributed by atoms with Gasteiger partial charge in [-0.25, -0.2) is 0 Å². The van der Waals surface area contributed by atoms with Crippen molar-refractivity contribution in [1.82, 2.24) is 4.90 Å². The molecule has 0 aliphatic heterocycles. The SMILES string of the molecule is COc1ccc(N)cc1NC(=O)CN(CCCO)C(C)C. The number of methoxy groups -OCH3 is 1. The summed E-state index contributed by atoms with van der Waals surface area (Å²) < 4.78 is 5.20. The predicted octanol–water partition coefficient (Wildman–Crippen LogP) is 1.31. The zero-order chi connectivity index (χ0) is 15.8. The van der Waals surface area contributed by atoms with Crippen LogP contribution in [0.3, 0.4) is 0 Å². The number of ether oxygens (including phenoxy) is 1. The molecule has 1 rings (SSSR count). The maximum absolute atomic E-state index is 12.2. The first-order valence-electron chi connectivity index (χ1n) is 7.06. The van der Waals surface area contributed by atoms with E-state index in [0.717, 1.165) is 0 Å². The zero-order valence-corrected chi connectivity index (χ0v) is 12.9. The molecule has 1 aromatic rings. The number of aliphatic hydroxyl groups is 1. The molecule has 1 amide bonds. The fraction of sp³-hybridized carbons (Fsp3) is 0.533. The molecule has 0 bridgehead atoms. The van der Waals surface area contributed by atoms with E-state index in [2.05, 4.69) is 5.32 Å². The third kappa shape index (κ3) is 5.61. The van der Waals surface area contributed by atoms with Crippen molar-refractivity contribution in [2.75, 3.05) is 37.9 Å². The van der Waals surface area contributed by atoms with Crippen molar-refractivity contribution in [3.05, 3.63) is 18.2 Å². The average Bonchev–Trinajstić information content (AvgIpc) is 2.43. The number of nitrogen functional groups attached to an aromatic ring is 1. The highest BCUT2D eigenvalue weighted by Gasteiger charge is 2.15. The highest BCUT2D eigenvalue weighted by molar-refractivity contribution is 5.94. The van der Waals surface area contributed by atoms with Gasteiger partial charge in [-0.15, -0.1) is 0 Å². The van der Waals surface area contributed by atoms with Crippen molar-refractivity contribution >= 4 is 17.3 Å². The van der Waals surface area contributed by atoms with Gasteiger partial charge in [0.25, 0.3) is 0 Å². The molecule has 6 nitrogen and oxygen atoms in total. The van der Waals surface area contributed by atoms with E-state index in [1.807, 2.05) is 18.7 Å². The molecule has 0 aliphatic carbocycles. The predicted molar refractivity (Wildman–Crippen MR) is 84.4 cm³/mol. The summed E-state index contributed by atoms with van der Waals surface area (Å²) in [5, 5.41) is 11.7. The van der Waals surface area contributed by atoms with Gasteiger partial charge in [-0.1, -0.05) is 0 Å². The Bertz CT molecular complexity index is 463. The number of hydrogen-bond donors (Lipinski definition) is 3. The van der Waals surface area contributed by atoms with Gasteiger partial charge in [-0.2, -0.15) is 0 Å². The maximum Gasteiger partial charge on any atom is 0.238 e. The van der Waals surface area contributed by atoms with Crippen LogP contribution in [0.1, 0.15) is 20.3 Å². The molecule has 0 radical (unpaired) electrons. The summed E-state index contributed by atoms with van der Waals surface area (Å²) in [5.41, 5.74) is 6.85. The molecular formula is C15H25N3O3. The van der Waals surface area contributed by atoms with Crippen LogP contribution in [0.25, 0.3) is 0 Å². The van der Waals surface area contributed by atoms with Gasteiger partial charge in [0.15, 0.2) is 0 Å². The Hall–Kier alpha value is -1.79. The second-order valence-corrected chi connectivity index (χ2v) is 5.15. The van der Waals surface area contributed by atoms with Gasteiger partial charge in [0.05, 0.1) is 19.3 Å². The van der Waals surface area contributed by atoms with Crippen LogP contribution in [0.5, 0.6) is 5.75 Å². The lowest BCUT2D eigenvalue weighted by Gasteiger charge is -2.25. The van der Waals surface area contributed by atoms with Crippen molar-refractivity contribution in [2.45, 2.75) is 26.3 Å². The Morgan fingerprint density at radius 3 is 2.76 bits per heavy atom. The summed E-state index contributed by atoms with van der Waals surface area (Å²) in [5.74, 6) is 0.439. The van der Waals surface area contributed by atoms with Crippen molar-refractivity contribution in [3.8, 4) is 5.75 Å². The van der Waals surface area contributed by atoms with E-state index in [1.165, 1.54) is 0 Å². The molecule has 0 aliphatic rings. The van der Waals surface area contributed by atoms with Crippen LogP contribution in [0.4, 0.5) is 11.4 Å². The molecule has 0 saturated carbocycles. The van der Waals surface area contributed by atoms with Crippen LogP contribution >= 0.6 is 0 Å². The summed E-state index contributed by atoms with van der Waals surface area (Å²) in [4.78, 5) is 14.2. The van der Waals surface area contributed by atoms with Crippen molar-refractivity contribution in [1.29, 1.82) is 0 Å². The van der Waals surface area contributed by atoms with Crippen LogP contribution in [-0.2, 0) is 4.79 Å². The first-order valence-corrected chi connectivity index (χ1v) is 7.06. The molecule has 0 spiro atoms. The van der Waals surface area contributed by atoms with E-state index in [4.69, 9.17) is 15.6 Å². The molecule has 0 fully saturated rings. The number of nitrogens with one attached hydrogen (secondary N) is 1. The van der Waals surface area contributed by atoms with Crippen LogP contribution in [0.15, 0.2) is 18.2 Å². The third-order valence-electron chi connectivity index (χ3n) is 3.18. The molecule has 21 heavy (non-hydrogen) atoms. The quantitative estimate of drug-likeness (QED) is 0.629. The average molecular weight is 295 g/mol. The minimum absolute atomic E-state index is 0.119. The van der Waals surface area contributed by atoms with Gasteiger partial charge in [-0.3, -0.25) is 9.69 Å². The Morgan fingerprint density at radius 1 is 1.48 bits per heavy atom. The van der Waals surface area contributed by atoms with E-state index in [9.17, 15) is 4.79 Å². The Kier molecular flexibility index (Phi) is 6.98. The molecule has 1 aromatic carbocycles. The molecule has 4 N–H and O–H groups in total. The molecule has 0 aromatic heterocycles. The van der Waals surface area contributed by atoms with E-state index in [-0.39, 0.29) is 25.1 Å². The number of anilines is 2. The lowest BCUT2D eigenvalue weighted by Crippen LogP contribution is -2.39. The maximum atomic E-state index is 12.2. The summed E-state index contributed by atoms with van der Waals surface area (Å²) in [6.07, 6.45) is 0.646. The topological polar surface area (TPSA) is 87.8 Å². The highest BCUT2D eigenvalue weighted by atomic mass is 16.5. The fourth-order valence-electron chi connectivity index (χ4n) is 1.99. The molecule has 118 valence electrons. The fourth-order valence-corrected chi connectivity index (χ4v) is 1.99. The monoisotopic (exact) mass is 295 g/mol. The Balaban J connectivity index is 2.69. The van der Waals surface area contributed by atoms with E-state index in [1.54, 1.807) is 25.3 Å². The number of carbonyl (C=O) groups is 1. The largest absolute Gasteiger partial charge is 0.495 e. The summed E-state index contributed by atoms with van der Waals surface area (Å²) in [6, 6.07) is 5.34. The zero-order valence-electron chi connectivity index (χ0n) is 12.9. The highest BCUT2D eigenvalue weighted by Crippen LogP contribution is 2.26. The number of benzene rings is 1. The van der Waals surface area contributed by atoms with E-state index >= 15 is 0 Å². The standard InChI is InChI=1S/C15H25N3O3/c1-11(2)18(7-4-8-19)10-15(20)17-13-9-12(16)5-6-14(13)21-3/h5-6,9,11,19H,4,7-8,10,16H2,1-3H3,(H,17,20). The Labute approximate surface area is 125 Å². The number of hydrogen-bond acceptors (Lipinski definition) is 5. The lowest BCUT2D eigenvalue weighted by atomic mass is 10.2. The van der Waals surface area contributed by atoms with Gasteiger partial charge in [-0.05, 0) is 38.5 Å². The van der Waals surface area contributed by atoms with Gasteiger partial charge in [0.2, 0.25) is 5.91 Å². The first-order chi connectivity index (χ1) is 9.97. The molecule has 0 heterocycles. The van der Waals surface area contributed by atoms with Gasteiger partial charge in [0, 0.05) is 24.9 Å². The summed E-state index contributed by atoms with van der Waals surface area (Å²) >= 11 is 0. The van der Waals surface area contributed by atoms with Gasteiger partial charge < -0.3 is 20.9 Å². The second-order valence-electron chi connectivity index (χ2n) is 5.15. The molecular weight excluding hydrogens is 270 g/mol. The molecule has 6 heteroatoms. The van der Waals surface area contributed by atoms with Crippen molar-refractivity contribution < 1.29 is 14.6 Å². The van der Waals surface area contributed by atoms with Crippen LogP contribution < -0.4 is 15.8 Å². The van der Waals surface area contributed by atoms with Gasteiger partial charge >= 0.3 is 0 Å². The van der Waals surface area contributed by atoms with Crippen molar-refractivity contribution in [3.63, 3.8) is 0 Å². The summed E-state index contributed by atoms with van der Waals surface area (Å²) in [7, 11) is 1.54. The minimum Gasteiger partial charge on any atom is -0.495 e. The van der Waals surface area contributed by atoms with E-state index < -0.39 is 0 Å². The molecule has 0 atom stereocenters. The van der Waals surface area contributed by atoms with Crippen LogP contribution in [0, 0.1) is 0 Å². The second kappa shape index (κ2) is 8.49. The van der Waals surface area contributed by atoms with Crippen LogP contribution in [0.2, 0.25) is 0 Å². The number of amides is 1. The number of carbonyl (C=O) groups excluding carboxylic acids is 1. The number of rotatable bonds is 8. The van der Waals surface area contributed by atoms with Crippen LogP contribution in [-0.4, -0.2) is 48.8 Å². The Morgan fingerprint density at radius 2 is 2.19 bits per heavy atom. The van der Waals surface area contributed by atoms with Gasteiger partial charge in [0.1, 0.15) is 5.75 Å². The number of aliphatic hydroxyl groups excluding tert-OH is 1.